The molecule has 0 bridgehead atoms. The van der Waals surface area contributed by atoms with Crippen LogP contribution in [0.15, 0.2) is 18.2 Å². The molecule has 0 saturated carbocycles. The van der Waals surface area contributed by atoms with Gasteiger partial charge >= 0.3 is 0 Å². The second-order valence-electron chi connectivity index (χ2n) is 7.09. The van der Waals surface area contributed by atoms with Crippen LogP contribution in [-0.4, -0.2) is 44.6 Å². The van der Waals surface area contributed by atoms with Crippen molar-refractivity contribution in [2.45, 2.75) is 45.1 Å². The van der Waals surface area contributed by atoms with E-state index in [1.54, 1.807) is 14.0 Å². The number of carbonyl (C=O) groups is 1. The molecule has 3 rings (SSSR count). The first-order chi connectivity index (χ1) is 12.4. The maximum atomic E-state index is 12.7. The Bertz CT molecular complexity index is 755. The molecule has 1 heterocycles. The maximum absolute atomic E-state index is 12.7. The van der Waals surface area contributed by atoms with E-state index in [1.165, 1.54) is 15.4 Å². The summed E-state index contributed by atoms with van der Waals surface area (Å²) in [6.07, 6.45) is 4.17. The number of nitrogens with zero attached hydrogens (tertiary/aromatic N) is 1. The van der Waals surface area contributed by atoms with Crippen LogP contribution in [-0.2, 0) is 21.2 Å². The number of rotatable bonds is 5. The normalized spacial score (nSPS) is 21.8. The number of methoxy groups -OCH3 is 1. The van der Waals surface area contributed by atoms with E-state index in [-0.39, 0.29) is 23.6 Å². The van der Waals surface area contributed by atoms with E-state index >= 15 is 0 Å². The van der Waals surface area contributed by atoms with Crippen LogP contribution in [0.4, 0.5) is 0 Å². The highest BCUT2D eigenvalue weighted by Gasteiger charge is 2.32. The second-order valence-corrected chi connectivity index (χ2v) is 9.35. The minimum absolute atomic E-state index is 0.0366. The number of hydrogen-bond acceptors (Lipinski definition) is 4. The summed E-state index contributed by atoms with van der Waals surface area (Å²) in [6.45, 7) is 2.53. The molecule has 0 aromatic heterocycles. The average Bonchev–Trinajstić information content (AvgIpc) is 2.67. The number of ether oxygens (including phenoxy) is 1. The van der Waals surface area contributed by atoms with E-state index in [0.717, 1.165) is 25.0 Å². The predicted molar refractivity (Wildman–Crippen MR) is 101 cm³/mol. The van der Waals surface area contributed by atoms with Crippen molar-refractivity contribution in [3.8, 4) is 5.75 Å². The van der Waals surface area contributed by atoms with Gasteiger partial charge in [0.2, 0.25) is 15.9 Å². The standard InChI is InChI=1S/C19H28N2O4S/c1-3-26(23,24)21-11-9-14(10-12-21)19(22)20-18-6-4-5-15-13-16(25-2)7-8-17(15)18/h7-8,13-14,18H,3-6,9-12H2,1-2H3,(H,20,22)/t18-/m0/s1. The Morgan fingerprint density at radius 1 is 1.27 bits per heavy atom. The highest BCUT2D eigenvalue weighted by Crippen LogP contribution is 2.33. The molecule has 1 amide bonds. The maximum Gasteiger partial charge on any atom is 0.223 e. The fourth-order valence-corrected chi connectivity index (χ4v) is 5.07. The number of sulfonamides is 1. The first kappa shape index (κ1) is 19.2. The third kappa shape index (κ3) is 4.04. The second kappa shape index (κ2) is 7.96. The van der Waals surface area contributed by atoms with Crippen molar-refractivity contribution in [1.82, 2.24) is 9.62 Å². The smallest absolute Gasteiger partial charge is 0.223 e. The number of hydrogen-bond donors (Lipinski definition) is 1. The minimum Gasteiger partial charge on any atom is -0.497 e. The quantitative estimate of drug-likeness (QED) is 0.850. The number of nitrogens with one attached hydrogen (secondary N) is 1. The van der Waals surface area contributed by atoms with Gasteiger partial charge < -0.3 is 10.1 Å². The zero-order valence-corrected chi connectivity index (χ0v) is 16.3. The molecule has 1 fully saturated rings. The monoisotopic (exact) mass is 380 g/mol. The Morgan fingerprint density at radius 2 is 2.00 bits per heavy atom. The van der Waals surface area contributed by atoms with Gasteiger partial charge in [-0.15, -0.1) is 0 Å². The molecule has 0 spiro atoms. The van der Waals surface area contributed by atoms with Gasteiger partial charge in [0.25, 0.3) is 0 Å². The van der Waals surface area contributed by atoms with E-state index in [9.17, 15) is 13.2 Å². The van der Waals surface area contributed by atoms with Crippen molar-refractivity contribution < 1.29 is 17.9 Å². The lowest BCUT2D eigenvalue weighted by Crippen LogP contribution is -2.44. The van der Waals surface area contributed by atoms with Crippen LogP contribution >= 0.6 is 0 Å². The fraction of sp³-hybridized carbons (Fsp3) is 0.632. The minimum atomic E-state index is -3.15. The number of benzene rings is 1. The van der Waals surface area contributed by atoms with Crippen LogP contribution < -0.4 is 10.1 Å². The van der Waals surface area contributed by atoms with E-state index < -0.39 is 10.0 Å². The van der Waals surface area contributed by atoms with Crippen molar-refractivity contribution >= 4 is 15.9 Å². The van der Waals surface area contributed by atoms with Crippen LogP contribution in [0, 0.1) is 5.92 Å². The molecule has 1 saturated heterocycles. The lowest BCUT2D eigenvalue weighted by atomic mass is 9.86. The highest BCUT2D eigenvalue weighted by atomic mass is 32.2. The summed E-state index contributed by atoms with van der Waals surface area (Å²) in [5.41, 5.74) is 2.42. The van der Waals surface area contributed by atoms with Gasteiger partial charge in [0, 0.05) is 19.0 Å². The third-order valence-electron chi connectivity index (χ3n) is 5.56. The van der Waals surface area contributed by atoms with Crippen molar-refractivity contribution in [3.05, 3.63) is 29.3 Å². The molecular formula is C19H28N2O4S. The molecule has 6 nitrogen and oxygen atoms in total. The fourth-order valence-electron chi connectivity index (χ4n) is 3.94. The van der Waals surface area contributed by atoms with Gasteiger partial charge in [0.05, 0.1) is 18.9 Å². The molecule has 26 heavy (non-hydrogen) atoms. The first-order valence-electron chi connectivity index (χ1n) is 9.39. The Balaban J connectivity index is 1.62. The topological polar surface area (TPSA) is 75.7 Å². The molecular weight excluding hydrogens is 352 g/mol. The van der Waals surface area contributed by atoms with Crippen LogP contribution in [0.1, 0.15) is 49.8 Å². The van der Waals surface area contributed by atoms with Gasteiger partial charge in [-0.25, -0.2) is 12.7 Å². The molecule has 144 valence electrons. The summed E-state index contributed by atoms with van der Waals surface area (Å²) in [7, 11) is -1.49. The molecule has 1 aromatic rings. The molecule has 1 aliphatic heterocycles. The zero-order valence-electron chi connectivity index (χ0n) is 15.5. The van der Waals surface area contributed by atoms with Gasteiger partial charge in [-0.2, -0.15) is 0 Å². The highest BCUT2D eigenvalue weighted by molar-refractivity contribution is 7.89. The van der Waals surface area contributed by atoms with Gasteiger partial charge in [-0.3, -0.25) is 4.79 Å². The first-order valence-corrected chi connectivity index (χ1v) is 11.0. The molecule has 7 heteroatoms. The van der Waals surface area contributed by atoms with Gasteiger partial charge in [-0.1, -0.05) is 6.07 Å². The number of aryl methyl sites for hydroxylation is 1. The van der Waals surface area contributed by atoms with E-state index in [1.807, 2.05) is 6.07 Å². The van der Waals surface area contributed by atoms with E-state index in [4.69, 9.17) is 4.74 Å². The van der Waals surface area contributed by atoms with Crippen LogP contribution in [0.2, 0.25) is 0 Å². The summed E-state index contributed by atoms with van der Waals surface area (Å²) in [5.74, 6) is 0.904. The molecule has 1 aromatic carbocycles. The third-order valence-corrected chi connectivity index (χ3v) is 7.45. The molecule has 1 atom stereocenters. The summed E-state index contributed by atoms with van der Waals surface area (Å²) in [6, 6.07) is 6.09. The summed E-state index contributed by atoms with van der Waals surface area (Å²) < 4.78 is 30.7. The number of carbonyl (C=O) groups excluding carboxylic acids is 1. The Morgan fingerprint density at radius 3 is 2.65 bits per heavy atom. The summed E-state index contributed by atoms with van der Waals surface area (Å²) >= 11 is 0. The molecule has 1 aliphatic carbocycles. The van der Waals surface area contributed by atoms with Crippen molar-refractivity contribution in [3.63, 3.8) is 0 Å². The van der Waals surface area contributed by atoms with Gasteiger partial charge in [0.15, 0.2) is 0 Å². The Kier molecular flexibility index (Phi) is 5.87. The lowest BCUT2D eigenvalue weighted by molar-refractivity contribution is -0.127. The van der Waals surface area contributed by atoms with E-state index in [0.29, 0.717) is 25.9 Å². The summed E-state index contributed by atoms with van der Waals surface area (Å²) in [5, 5.41) is 3.20. The predicted octanol–water partition coefficient (Wildman–Crippen LogP) is 2.25. The largest absolute Gasteiger partial charge is 0.497 e. The Labute approximate surface area is 156 Å². The average molecular weight is 381 g/mol. The number of piperidine rings is 1. The van der Waals surface area contributed by atoms with Gasteiger partial charge in [-0.05, 0) is 62.3 Å². The number of fused-ring (bicyclic) bond motifs is 1. The summed E-state index contributed by atoms with van der Waals surface area (Å²) in [4.78, 5) is 12.7. The van der Waals surface area contributed by atoms with Crippen LogP contribution in [0.25, 0.3) is 0 Å². The van der Waals surface area contributed by atoms with E-state index in [2.05, 4.69) is 17.4 Å². The van der Waals surface area contributed by atoms with Crippen molar-refractivity contribution in [2.24, 2.45) is 5.92 Å². The van der Waals surface area contributed by atoms with Gasteiger partial charge in [0.1, 0.15) is 5.75 Å². The molecule has 1 N–H and O–H groups in total. The number of amides is 1. The van der Waals surface area contributed by atoms with Crippen molar-refractivity contribution in [2.75, 3.05) is 26.0 Å². The van der Waals surface area contributed by atoms with Crippen molar-refractivity contribution in [1.29, 1.82) is 0 Å². The van der Waals surface area contributed by atoms with Crippen LogP contribution in [0.5, 0.6) is 5.75 Å². The van der Waals surface area contributed by atoms with Crippen LogP contribution in [0.3, 0.4) is 0 Å². The SMILES string of the molecule is CCS(=O)(=O)N1CCC(C(=O)N[C@H]2CCCc3cc(OC)ccc32)CC1. The molecule has 0 unspecified atom stereocenters. The molecule has 2 aliphatic rings. The zero-order chi connectivity index (χ0) is 18.7. The molecule has 0 radical (unpaired) electrons. The Hall–Kier alpha value is -1.60. The lowest BCUT2D eigenvalue weighted by Gasteiger charge is -2.32.